The molecular formula is C14H20N4O. The van der Waals surface area contributed by atoms with Crippen LogP contribution in [0, 0.1) is 6.92 Å². The number of hydrogen-bond donors (Lipinski definition) is 1. The highest BCUT2D eigenvalue weighted by Gasteiger charge is 2.13. The molecule has 1 heterocycles. The molecule has 0 unspecified atom stereocenters. The maximum atomic E-state index is 5.81. The topological polar surface area (TPSA) is 66.0 Å². The number of aromatic nitrogens is 3. The molecule has 19 heavy (non-hydrogen) atoms. The number of nitrogen functional groups attached to an aromatic ring is 1. The van der Waals surface area contributed by atoms with Crippen molar-refractivity contribution >= 4 is 5.82 Å². The second-order valence-corrected chi connectivity index (χ2v) is 4.90. The lowest BCUT2D eigenvalue weighted by atomic mass is 10.1. The summed E-state index contributed by atoms with van der Waals surface area (Å²) in [7, 11) is 0. The summed E-state index contributed by atoms with van der Waals surface area (Å²) in [6, 6.07) is 7.99. The highest BCUT2D eigenvalue weighted by molar-refractivity contribution is 5.35. The zero-order valence-corrected chi connectivity index (χ0v) is 11.6. The van der Waals surface area contributed by atoms with Gasteiger partial charge in [0.25, 0.3) is 0 Å². The van der Waals surface area contributed by atoms with E-state index in [9.17, 15) is 0 Å². The fourth-order valence-corrected chi connectivity index (χ4v) is 1.98. The van der Waals surface area contributed by atoms with Crippen molar-refractivity contribution in [3.05, 3.63) is 35.5 Å². The minimum atomic E-state index is 0.300. The van der Waals surface area contributed by atoms with Crippen LogP contribution in [0.2, 0.25) is 0 Å². The average Bonchev–Trinajstić information content (AvgIpc) is 2.73. The standard InChI is InChI=1S/C14H20N4O/c1-10(2)13-14(15)16-17-18(13)8-9-19-12-6-4-11(3)5-7-12/h4-7,10H,8-9,15H2,1-3H3. The van der Waals surface area contributed by atoms with Crippen molar-refractivity contribution in [2.24, 2.45) is 0 Å². The molecule has 0 fully saturated rings. The van der Waals surface area contributed by atoms with Gasteiger partial charge in [-0.25, -0.2) is 4.68 Å². The van der Waals surface area contributed by atoms with E-state index in [4.69, 9.17) is 10.5 Å². The van der Waals surface area contributed by atoms with Crippen molar-refractivity contribution in [1.29, 1.82) is 0 Å². The molecule has 5 nitrogen and oxygen atoms in total. The van der Waals surface area contributed by atoms with Crippen molar-refractivity contribution in [2.45, 2.75) is 33.2 Å². The van der Waals surface area contributed by atoms with Crippen LogP contribution in [0.3, 0.4) is 0 Å². The minimum Gasteiger partial charge on any atom is -0.492 e. The van der Waals surface area contributed by atoms with Crippen LogP contribution in [-0.2, 0) is 6.54 Å². The summed E-state index contributed by atoms with van der Waals surface area (Å²) >= 11 is 0. The number of ether oxygens (including phenoxy) is 1. The Bertz CT molecular complexity index is 531. The average molecular weight is 260 g/mol. The maximum absolute atomic E-state index is 5.81. The van der Waals surface area contributed by atoms with Gasteiger partial charge in [0, 0.05) is 0 Å². The first-order valence-corrected chi connectivity index (χ1v) is 6.46. The van der Waals surface area contributed by atoms with E-state index < -0.39 is 0 Å². The van der Waals surface area contributed by atoms with Crippen LogP contribution in [-0.4, -0.2) is 21.6 Å². The predicted molar refractivity (Wildman–Crippen MR) is 75.2 cm³/mol. The molecule has 0 atom stereocenters. The van der Waals surface area contributed by atoms with Gasteiger partial charge in [0.2, 0.25) is 0 Å². The molecule has 0 amide bonds. The molecule has 0 radical (unpaired) electrons. The molecule has 1 aromatic heterocycles. The third-order valence-electron chi connectivity index (χ3n) is 2.94. The summed E-state index contributed by atoms with van der Waals surface area (Å²) in [5.74, 6) is 1.67. The zero-order valence-electron chi connectivity index (χ0n) is 11.6. The first-order chi connectivity index (χ1) is 9.08. The van der Waals surface area contributed by atoms with Gasteiger partial charge in [0.1, 0.15) is 12.4 Å². The van der Waals surface area contributed by atoms with E-state index in [-0.39, 0.29) is 0 Å². The molecule has 0 aliphatic heterocycles. The van der Waals surface area contributed by atoms with Gasteiger partial charge in [-0.1, -0.05) is 36.8 Å². The summed E-state index contributed by atoms with van der Waals surface area (Å²) in [6.07, 6.45) is 0. The van der Waals surface area contributed by atoms with Crippen molar-refractivity contribution in [2.75, 3.05) is 12.3 Å². The normalized spacial score (nSPS) is 10.9. The summed E-state index contributed by atoms with van der Waals surface area (Å²) in [5.41, 5.74) is 7.99. The number of nitrogens with two attached hydrogens (primary N) is 1. The highest BCUT2D eigenvalue weighted by Crippen LogP contribution is 2.19. The van der Waals surface area contributed by atoms with Crippen molar-refractivity contribution < 1.29 is 4.74 Å². The Balaban J connectivity index is 1.94. The first-order valence-electron chi connectivity index (χ1n) is 6.46. The fraction of sp³-hybridized carbons (Fsp3) is 0.429. The monoisotopic (exact) mass is 260 g/mol. The first kappa shape index (κ1) is 13.4. The molecule has 0 saturated carbocycles. The van der Waals surface area contributed by atoms with Gasteiger partial charge in [0.15, 0.2) is 5.82 Å². The molecule has 2 N–H and O–H groups in total. The smallest absolute Gasteiger partial charge is 0.169 e. The van der Waals surface area contributed by atoms with Crippen LogP contribution >= 0.6 is 0 Å². The molecular weight excluding hydrogens is 240 g/mol. The van der Waals surface area contributed by atoms with E-state index >= 15 is 0 Å². The third kappa shape index (κ3) is 3.24. The molecule has 1 aromatic carbocycles. The molecule has 102 valence electrons. The fourth-order valence-electron chi connectivity index (χ4n) is 1.98. The second-order valence-electron chi connectivity index (χ2n) is 4.90. The quantitative estimate of drug-likeness (QED) is 0.896. The second kappa shape index (κ2) is 5.73. The number of aryl methyl sites for hydroxylation is 1. The molecule has 0 saturated heterocycles. The molecule has 5 heteroatoms. The maximum Gasteiger partial charge on any atom is 0.169 e. The third-order valence-corrected chi connectivity index (χ3v) is 2.94. The lowest BCUT2D eigenvalue weighted by Gasteiger charge is -2.10. The lowest BCUT2D eigenvalue weighted by molar-refractivity contribution is 0.286. The Morgan fingerprint density at radius 2 is 1.95 bits per heavy atom. The minimum absolute atomic E-state index is 0.300. The Labute approximate surface area is 113 Å². The molecule has 2 aromatic rings. The molecule has 0 spiro atoms. The van der Waals surface area contributed by atoms with Crippen LogP contribution in [0.5, 0.6) is 5.75 Å². The van der Waals surface area contributed by atoms with Crippen LogP contribution in [0.1, 0.15) is 31.0 Å². The highest BCUT2D eigenvalue weighted by atomic mass is 16.5. The Morgan fingerprint density at radius 1 is 1.26 bits per heavy atom. The Morgan fingerprint density at radius 3 is 2.58 bits per heavy atom. The van der Waals surface area contributed by atoms with Crippen molar-refractivity contribution in [3.8, 4) is 5.75 Å². The zero-order chi connectivity index (χ0) is 13.8. The largest absolute Gasteiger partial charge is 0.492 e. The van der Waals surface area contributed by atoms with E-state index in [0.717, 1.165) is 11.4 Å². The van der Waals surface area contributed by atoms with Gasteiger partial charge in [-0.2, -0.15) is 0 Å². The van der Waals surface area contributed by atoms with E-state index in [1.807, 2.05) is 28.9 Å². The number of nitrogens with zero attached hydrogens (tertiary/aromatic N) is 3. The lowest BCUT2D eigenvalue weighted by Crippen LogP contribution is -2.13. The van der Waals surface area contributed by atoms with E-state index in [1.54, 1.807) is 0 Å². The van der Waals surface area contributed by atoms with Gasteiger partial charge < -0.3 is 10.5 Å². The van der Waals surface area contributed by atoms with Gasteiger partial charge in [0.05, 0.1) is 12.2 Å². The number of benzene rings is 1. The van der Waals surface area contributed by atoms with Gasteiger partial charge in [-0.3, -0.25) is 0 Å². The van der Waals surface area contributed by atoms with Crippen LogP contribution in [0.25, 0.3) is 0 Å². The van der Waals surface area contributed by atoms with Gasteiger partial charge in [-0.15, -0.1) is 5.10 Å². The van der Waals surface area contributed by atoms with Crippen LogP contribution in [0.4, 0.5) is 5.82 Å². The Kier molecular flexibility index (Phi) is 4.04. The number of anilines is 1. The predicted octanol–water partition coefficient (Wildman–Crippen LogP) is 2.37. The molecule has 0 bridgehead atoms. The van der Waals surface area contributed by atoms with Crippen LogP contribution < -0.4 is 10.5 Å². The number of hydrogen-bond acceptors (Lipinski definition) is 4. The Hall–Kier alpha value is -2.04. The summed E-state index contributed by atoms with van der Waals surface area (Å²) in [5, 5.41) is 7.95. The summed E-state index contributed by atoms with van der Waals surface area (Å²) < 4.78 is 7.49. The van der Waals surface area contributed by atoms with Gasteiger partial charge in [-0.05, 0) is 25.0 Å². The molecule has 0 aliphatic carbocycles. The van der Waals surface area contributed by atoms with Crippen molar-refractivity contribution in [3.63, 3.8) is 0 Å². The van der Waals surface area contributed by atoms with Gasteiger partial charge >= 0.3 is 0 Å². The van der Waals surface area contributed by atoms with Crippen molar-refractivity contribution in [1.82, 2.24) is 15.0 Å². The molecule has 0 aliphatic rings. The van der Waals surface area contributed by atoms with E-state index in [0.29, 0.717) is 24.9 Å². The van der Waals surface area contributed by atoms with Crippen LogP contribution in [0.15, 0.2) is 24.3 Å². The number of rotatable bonds is 5. The summed E-state index contributed by atoms with van der Waals surface area (Å²) in [6.45, 7) is 7.40. The van der Waals surface area contributed by atoms with E-state index in [2.05, 4.69) is 31.1 Å². The molecule has 2 rings (SSSR count). The summed E-state index contributed by atoms with van der Waals surface area (Å²) in [4.78, 5) is 0. The SMILES string of the molecule is Cc1ccc(OCCn2nnc(N)c2C(C)C)cc1. The van der Waals surface area contributed by atoms with E-state index in [1.165, 1.54) is 5.56 Å².